The minimum absolute atomic E-state index is 0.185. The third kappa shape index (κ3) is 3.96. The van der Waals surface area contributed by atoms with E-state index < -0.39 is 0 Å². The van der Waals surface area contributed by atoms with Crippen molar-refractivity contribution >= 4 is 38.7 Å². The molecule has 2 aromatic carbocycles. The lowest BCUT2D eigenvalue weighted by molar-refractivity contribution is 0.102. The maximum atomic E-state index is 14.3. The molecule has 0 aliphatic rings. The van der Waals surface area contributed by atoms with Crippen molar-refractivity contribution in [3.05, 3.63) is 58.7 Å². The Morgan fingerprint density at radius 2 is 1.85 bits per heavy atom. The van der Waals surface area contributed by atoms with E-state index in [1.807, 2.05) is 30.3 Å². The molecule has 3 rings (SSSR count). The minimum Gasteiger partial charge on any atom is -0.380 e. The number of methoxy groups -OCH3 is 1. The summed E-state index contributed by atoms with van der Waals surface area (Å²) >= 11 is 1.28. The molecule has 0 spiro atoms. The van der Waals surface area contributed by atoms with Gasteiger partial charge in [0.1, 0.15) is 5.82 Å². The van der Waals surface area contributed by atoms with Crippen LogP contribution in [0.1, 0.15) is 29.1 Å². The van der Waals surface area contributed by atoms with Crippen LogP contribution >= 0.6 is 11.3 Å². The lowest BCUT2D eigenvalue weighted by atomic mass is 10.1. The molecular weight excluding hydrogens is 363 g/mol. The van der Waals surface area contributed by atoms with Crippen LogP contribution in [-0.4, -0.2) is 26.1 Å². The number of halogens is 1. The van der Waals surface area contributed by atoms with Crippen LogP contribution in [0.15, 0.2) is 42.5 Å². The number of thiophene rings is 1. The second kappa shape index (κ2) is 8.50. The molecule has 0 bridgehead atoms. The molecule has 0 atom stereocenters. The highest BCUT2D eigenvalue weighted by Crippen LogP contribution is 2.34. The first-order chi connectivity index (χ1) is 13.1. The molecule has 0 saturated heterocycles. The number of nitrogens with one attached hydrogen (secondary N) is 1. The molecule has 0 aliphatic heterocycles. The molecule has 1 N–H and O–H groups in total. The maximum absolute atomic E-state index is 14.3. The zero-order chi connectivity index (χ0) is 19.4. The zero-order valence-corrected chi connectivity index (χ0v) is 16.5. The number of ether oxygens (including phenoxy) is 1. The molecule has 6 heteroatoms. The lowest BCUT2D eigenvalue weighted by Gasteiger charge is -2.21. The quantitative estimate of drug-likeness (QED) is 0.600. The number of hydrogen-bond acceptors (Lipinski definition) is 4. The fourth-order valence-electron chi connectivity index (χ4n) is 3.16. The van der Waals surface area contributed by atoms with Crippen molar-refractivity contribution in [1.82, 2.24) is 0 Å². The van der Waals surface area contributed by atoms with E-state index in [2.05, 4.69) is 24.1 Å². The van der Waals surface area contributed by atoms with E-state index in [4.69, 9.17) is 4.74 Å². The number of carbonyl (C=O) groups excluding carboxylic acids is 1. The van der Waals surface area contributed by atoms with Crippen molar-refractivity contribution in [3.63, 3.8) is 0 Å². The van der Waals surface area contributed by atoms with Crippen LogP contribution in [0, 0.1) is 5.82 Å². The Morgan fingerprint density at radius 1 is 1.15 bits per heavy atom. The minimum atomic E-state index is -0.335. The molecule has 27 heavy (non-hydrogen) atoms. The highest BCUT2D eigenvalue weighted by Gasteiger charge is 2.20. The summed E-state index contributed by atoms with van der Waals surface area (Å²) in [5.74, 6) is -0.586. The number of benzene rings is 2. The summed E-state index contributed by atoms with van der Waals surface area (Å²) in [6.07, 6.45) is 0. The Kier molecular flexibility index (Phi) is 6.08. The predicted molar refractivity (Wildman–Crippen MR) is 110 cm³/mol. The molecule has 0 fully saturated rings. The standard InChI is InChI=1S/C21H23FN2O2S/c1-4-24(5-2)15-11-9-14(10-12-15)23-21(25)20-16(13-26-3)19-17(22)7-6-8-18(19)27-20/h6-12H,4-5,13H2,1-3H3,(H,23,25). The van der Waals surface area contributed by atoms with E-state index in [-0.39, 0.29) is 18.3 Å². The fourth-order valence-corrected chi connectivity index (χ4v) is 4.28. The van der Waals surface area contributed by atoms with Crippen molar-refractivity contribution in [2.24, 2.45) is 0 Å². The Balaban J connectivity index is 1.88. The summed E-state index contributed by atoms with van der Waals surface area (Å²) in [5, 5.41) is 3.38. The number of hydrogen-bond donors (Lipinski definition) is 1. The van der Waals surface area contributed by atoms with Gasteiger partial charge in [-0.2, -0.15) is 0 Å². The van der Waals surface area contributed by atoms with Crippen LogP contribution in [0.25, 0.3) is 10.1 Å². The van der Waals surface area contributed by atoms with E-state index in [9.17, 15) is 9.18 Å². The van der Waals surface area contributed by atoms with Gasteiger partial charge in [0.2, 0.25) is 0 Å². The molecule has 1 amide bonds. The number of fused-ring (bicyclic) bond motifs is 1. The second-order valence-corrected chi connectivity index (χ2v) is 7.18. The second-order valence-electron chi connectivity index (χ2n) is 6.13. The monoisotopic (exact) mass is 386 g/mol. The summed E-state index contributed by atoms with van der Waals surface area (Å²) in [6, 6.07) is 12.6. The first-order valence-electron chi connectivity index (χ1n) is 8.94. The number of carbonyl (C=O) groups is 1. The maximum Gasteiger partial charge on any atom is 0.266 e. The van der Waals surface area contributed by atoms with Gasteiger partial charge in [0.25, 0.3) is 5.91 Å². The Morgan fingerprint density at radius 3 is 2.48 bits per heavy atom. The average molecular weight is 386 g/mol. The van der Waals surface area contributed by atoms with Gasteiger partial charge >= 0.3 is 0 Å². The predicted octanol–water partition coefficient (Wildman–Crippen LogP) is 5.29. The molecule has 0 aliphatic carbocycles. The third-order valence-corrected chi connectivity index (χ3v) is 5.71. The van der Waals surface area contributed by atoms with Gasteiger partial charge in [-0.15, -0.1) is 11.3 Å². The van der Waals surface area contributed by atoms with E-state index >= 15 is 0 Å². The van der Waals surface area contributed by atoms with Gasteiger partial charge in [-0.25, -0.2) is 4.39 Å². The van der Waals surface area contributed by atoms with Crippen LogP contribution in [0.2, 0.25) is 0 Å². The highest BCUT2D eigenvalue weighted by atomic mass is 32.1. The van der Waals surface area contributed by atoms with Crippen LogP contribution < -0.4 is 10.2 Å². The Bertz CT molecular complexity index is 933. The normalized spacial score (nSPS) is 11.0. The smallest absolute Gasteiger partial charge is 0.266 e. The molecule has 0 saturated carbocycles. The summed E-state index contributed by atoms with van der Waals surface area (Å²) in [4.78, 5) is 15.5. The van der Waals surface area contributed by atoms with Crippen LogP contribution in [0.4, 0.5) is 15.8 Å². The largest absolute Gasteiger partial charge is 0.380 e. The average Bonchev–Trinajstić information content (AvgIpc) is 3.04. The molecule has 0 unspecified atom stereocenters. The SMILES string of the molecule is CCN(CC)c1ccc(NC(=O)c2sc3cccc(F)c3c2COC)cc1. The molecule has 0 radical (unpaired) electrons. The van der Waals surface area contributed by atoms with Crippen LogP contribution in [-0.2, 0) is 11.3 Å². The van der Waals surface area contributed by atoms with Crippen molar-refractivity contribution in [2.75, 3.05) is 30.4 Å². The summed E-state index contributed by atoms with van der Waals surface area (Å²) < 4.78 is 20.2. The Hall–Kier alpha value is -2.44. The van der Waals surface area contributed by atoms with Gasteiger partial charge in [-0.1, -0.05) is 6.07 Å². The summed E-state index contributed by atoms with van der Waals surface area (Å²) in [5.41, 5.74) is 2.41. The van der Waals surface area contributed by atoms with Crippen molar-refractivity contribution in [3.8, 4) is 0 Å². The molecule has 1 heterocycles. The van der Waals surface area contributed by atoms with Gasteiger partial charge in [0, 0.05) is 47.2 Å². The third-order valence-electron chi connectivity index (χ3n) is 4.51. The highest BCUT2D eigenvalue weighted by molar-refractivity contribution is 7.21. The van der Waals surface area contributed by atoms with E-state index in [0.717, 1.165) is 23.5 Å². The topological polar surface area (TPSA) is 41.6 Å². The van der Waals surface area contributed by atoms with E-state index in [1.165, 1.54) is 24.5 Å². The zero-order valence-electron chi connectivity index (χ0n) is 15.7. The lowest BCUT2D eigenvalue weighted by Crippen LogP contribution is -2.21. The van der Waals surface area contributed by atoms with Gasteiger partial charge in [0.15, 0.2) is 0 Å². The molecule has 3 aromatic rings. The molecule has 142 valence electrons. The van der Waals surface area contributed by atoms with Gasteiger partial charge in [-0.3, -0.25) is 4.79 Å². The number of rotatable bonds is 7. The molecule has 1 aromatic heterocycles. The van der Waals surface area contributed by atoms with E-state index in [0.29, 0.717) is 21.5 Å². The molecular formula is C21H23FN2O2S. The number of anilines is 2. The summed E-state index contributed by atoms with van der Waals surface area (Å²) in [7, 11) is 1.54. The first-order valence-corrected chi connectivity index (χ1v) is 9.75. The Labute approximate surface area is 162 Å². The fraction of sp³-hybridized carbons (Fsp3) is 0.286. The van der Waals surface area contributed by atoms with Gasteiger partial charge < -0.3 is 15.0 Å². The van der Waals surface area contributed by atoms with Crippen LogP contribution in [0.5, 0.6) is 0 Å². The van der Waals surface area contributed by atoms with Crippen LogP contribution in [0.3, 0.4) is 0 Å². The van der Waals surface area contributed by atoms with Crippen molar-refractivity contribution in [1.29, 1.82) is 0 Å². The molecule has 4 nitrogen and oxygen atoms in total. The van der Waals surface area contributed by atoms with Crippen molar-refractivity contribution in [2.45, 2.75) is 20.5 Å². The van der Waals surface area contributed by atoms with Gasteiger partial charge in [0.05, 0.1) is 11.5 Å². The van der Waals surface area contributed by atoms with E-state index in [1.54, 1.807) is 6.07 Å². The first kappa shape index (κ1) is 19.3. The van der Waals surface area contributed by atoms with Crippen molar-refractivity contribution < 1.29 is 13.9 Å². The summed E-state index contributed by atoms with van der Waals surface area (Å²) in [6.45, 7) is 6.25. The number of amides is 1. The van der Waals surface area contributed by atoms with Gasteiger partial charge in [-0.05, 0) is 50.2 Å². The number of nitrogens with zero attached hydrogens (tertiary/aromatic N) is 1.